The van der Waals surface area contributed by atoms with Crippen molar-refractivity contribution >= 4 is 0 Å². The summed E-state index contributed by atoms with van der Waals surface area (Å²) in [4.78, 5) is 0. The molecular formula is C18H18F3NO3. The Hall–Kier alpha value is -2.56. The fourth-order valence-electron chi connectivity index (χ4n) is 1.85. The van der Waals surface area contributed by atoms with Gasteiger partial charge >= 0.3 is 6.18 Å². The van der Waals surface area contributed by atoms with E-state index >= 15 is 0 Å². The van der Waals surface area contributed by atoms with Crippen molar-refractivity contribution in [2.24, 2.45) is 0 Å². The zero-order valence-electron chi connectivity index (χ0n) is 13.9. The molecule has 0 saturated heterocycles. The predicted octanol–water partition coefficient (Wildman–Crippen LogP) is 4.29. The highest BCUT2D eigenvalue weighted by molar-refractivity contribution is 5.47. The van der Waals surface area contributed by atoms with Gasteiger partial charge in [0.25, 0.3) is 0 Å². The van der Waals surface area contributed by atoms with Gasteiger partial charge in [-0.2, -0.15) is 18.4 Å². The van der Waals surface area contributed by atoms with E-state index in [0.29, 0.717) is 12.5 Å². The fourth-order valence-corrected chi connectivity index (χ4v) is 1.85. The molecule has 1 aromatic carbocycles. The van der Waals surface area contributed by atoms with Crippen LogP contribution in [0.15, 0.2) is 54.8 Å². The molecule has 0 aliphatic carbocycles. The number of benzene rings is 1. The van der Waals surface area contributed by atoms with Gasteiger partial charge in [0.15, 0.2) is 6.29 Å². The lowest BCUT2D eigenvalue weighted by molar-refractivity contribution is -0.100. The molecule has 0 heterocycles. The number of ether oxygens (including phenoxy) is 3. The second kappa shape index (κ2) is 9.06. The van der Waals surface area contributed by atoms with Crippen LogP contribution in [0.4, 0.5) is 13.2 Å². The summed E-state index contributed by atoms with van der Waals surface area (Å²) in [5.41, 5.74) is -0.171. The molecule has 0 radical (unpaired) electrons. The van der Waals surface area contributed by atoms with Crippen LogP contribution in [0.25, 0.3) is 0 Å². The van der Waals surface area contributed by atoms with Crippen LogP contribution in [0.3, 0.4) is 0 Å². The summed E-state index contributed by atoms with van der Waals surface area (Å²) in [7, 11) is 2.98. The van der Waals surface area contributed by atoms with Gasteiger partial charge in [-0.05, 0) is 29.8 Å². The number of halogens is 3. The first kappa shape index (κ1) is 20.5. The first-order chi connectivity index (χ1) is 11.7. The molecule has 0 bridgehead atoms. The van der Waals surface area contributed by atoms with E-state index in [1.54, 1.807) is 12.1 Å². The van der Waals surface area contributed by atoms with Gasteiger partial charge in [0, 0.05) is 20.6 Å². The Morgan fingerprint density at radius 1 is 1.32 bits per heavy atom. The SMILES string of the molecule is C=C/C(=C\C(=C)C(F)(F)F)Oc1ccc(CC(OC)OC)cc1C#N. The Labute approximate surface area is 144 Å². The van der Waals surface area contributed by atoms with Crippen molar-refractivity contribution in [2.45, 2.75) is 18.9 Å². The van der Waals surface area contributed by atoms with Gasteiger partial charge in [-0.25, -0.2) is 0 Å². The van der Waals surface area contributed by atoms with Crippen LogP contribution in [-0.2, 0) is 15.9 Å². The van der Waals surface area contributed by atoms with Crippen molar-refractivity contribution in [1.82, 2.24) is 0 Å². The highest BCUT2D eigenvalue weighted by Crippen LogP contribution is 2.28. The standard InChI is InChI=1S/C18H18F3NO3/c1-5-15(8-12(2)18(19,20)21)25-16-7-6-13(9-14(16)11-22)10-17(23-3)24-4/h5-9,17H,1-2,10H2,3-4H3/b15-8+. The first-order valence-corrected chi connectivity index (χ1v) is 7.11. The third kappa shape index (κ3) is 6.10. The van der Waals surface area contributed by atoms with Crippen LogP contribution in [0.1, 0.15) is 11.1 Å². The van der Waals surface area contributed by atoms with Crippen LogP contribution in [0, 0.1) is 11.3 Å². The van der Waals surface area contributed by atoms with Crippen LogP contribution in [0.2, 0.25) is 0 Å². The minimum absolute atomic E-state index is 0.110. The topological polar surface area (TPSA) is 51.5 Å². The molecule has 1 aromatic rings. The molecule has 0 amide bonds. The number of rotatable bonds is 8. The summed E-state index contributed by atoms with van der Waals surface area (Å²) in [6.07, 6.45) is -2.82. The lowest BCUT2D eigenvalue weighted by Crippen LogP contribution is -2.16. The zero-order chi connectivity index (χ0) is 19.0. The lowest BCUT2D eigenvalue weighted by Gasteiger charge is -2.15. The van der Waals surface area contributed by atoms with Crippen molar-refractivity contribution < 1.29 is 27.4 Å². The molecule has 0 spiro atoms. The molecule has 4 nitrogen and oxygen atoms in total. The average molecular weight is 353 g/mol. The third-order valence-corrected chi connectivity index (χ3v) is 3.20. The molecule has 0 saturated carbocycles. The molecule has 0 aliphatic heterocycles. The van der Waals surface area contributed by atoms with Gasteiger partial charge in [-0.3, -0.25) is 0 Å². The highest BCUT2D eigenvalue weighted by atomic mass is 19.4. The van der Waals surface area contributed by atoms with Crippen LogP contribution >= 0.6 is 0 Å². The molecule has 7 heteroatoms. The Bertz CT molecular complexity index is 698. The Morgan fingerprint density at radius 3 is 2.44 bits per heavy atom. The normalized spacial score (nSPS) is 12.0. The van der Waals surface area contributed by atoms with E-state index in [4.69, 9.17) is 14.2 Å². The predicted molar refractivity (Wildman–Crippen MR) is 86.8 cm³/mol. The van der Waals surface area contributed by atoms with Crippen LogP contribution in [0.5, 0.6) is 5.75 Å². The summed E-state index contributed by atoms with van der Waals surface area (Å²) < 4.78 is 53.2. The lowest BCUT2D eigenvalue weighted by atomic mass is 10.1. The summed E-state index contributed by atoms with van der Waals surface area (Å²) in [5.74, 6) is -0.0583. The quantitative estimate of drug-likeness (QED) is 0.397. The number of alkyl halides is 3. The molecule has 0 unspecified atom stereocenters. The summed E-state index contributed by atoms with van der Waals surface area (Å²) in [5, 5.41) is 9.25. The van der Waals surface area contributed by atoms with Crippen molar-refractivity contribution in [1.29, 1.82) is 5.26 Å². The number of nitriles is 1. The molecule has 0 atom stereocenters. The van der Waals surface area contributed by atoms with Gasteiger partial charge in [0.2, 0.25) is 0 Å². The van der Waals surface area contributed by atoms with E-state index in [2.05, 4.69) is 13.2 Å². The number of hydrogen-bond acceptors (Lipinski definition) is 4. The van der Waals surface area contributed by atoms with Gasteiger partial charge < -0.3 is 14.2 Å². The van der Waals surface area contributed by atoms with Crippen LogP contribution in [-0.4, -0.2) is 26.7 Å². The van der Waals surface area contributed by atoms with E-state index in [9.17, 15) is 18.4 Å². The van der Waals surface area contributed by atoms with E-state index in [1.807, 2.05) is 6.07 Å². The second-order valence-corrected chi connectivity index (χ2v) is 4.92. The maximum Gasteiger partial charge on any atom is 0.415 e. The van der Waals surface area contributed by atoms with Crippen molar-refractivity contribution in [3.05, 3.63) is 66.0 Å². The summed E-state index contributed by atoms with van der Waals surface area (Å²) in [6, 6.07) is 6.66. The molecule has 0 aliphatic rings. The Morgan fingerprint density at radius 2 is 1.96 bits per heavy atom. The van der Waals surface area contributed by atoms with Gasteiger partial charge in [-0.1, -0.05) is 19.2 Å². The van der Waals surface area contributed by atoms with E-state index < -0.39 is 18.0 Å². The van der Waals surface area contributed by atoms with E-state index in [-0.39, 0.29) is 17.1 Å². The smallest absolute Gasteiger partial charge is 0.415 e. The van der Waals surface area contributed by atoms with Gasteiger partial charge in [-0.15, -0.1) is 0 Å². The molecule has 0 N–H and O–H groups in total. The van der Waals surface area contributed by atoms with Crippen molar-refractivity contribution in [3.8, 4) is 11.8 Å². The van der Waals surface area contributed by atoms with Gasteiger partial charge in [0.1, 0.15) is 17.6 Å². The largest absolute Gasteiger partial charge is 0.456 e. The molecule has 0 aromatic heterocycles. The van der Waals surface area contributed by atoms with Gasteiger partial charge in [0.05, 0.1) is 11.1 Å². The van der Waals surface area contributed by atoms with Crippen LogP contribution < -0.4 is 4.74 Å². The minimum Gasteiger partial charge on any atom is -0.456 e. The monoisotopic (exact) mass is 353 g/mol. The Kier molecular flexibility index (Phi) is 7.43. The maximum absolute atomic E-state index is 12.6. The van der Waals surface area contributed by atoms with Crippen molar-refractivity contribution in [2.75, 3.05) is 14.2 Å². The summed E-state index contributed by atoms with van der Waals surface area (Å²) in [6.45, 7) is 6.35. The molecule has 1 rings (SSSR count). The number of nitrogens with zero attached hydrogens (tertiary/aromatic N) is 1. The van der Waals surface area contributed by atoms with E-state index in [0.717, 1.165) is 11.6 Å². The van der Waals surface area contributed by atoms with E-state index in [1.165, 1.54) is 20.3 Å². The number of methoxy groups -OCH3 is 2. The third-order valence-electron chi connectivity index (χ3n) is 3.20. The minimum atomic E-state index is -4.57. The average Bonchev–Trinajstić information content (AvgIpc) is 2.58. The molecular weight excluding hydrogens is 335 g/mol. The molecule has 134 valence electrons. The van der Waals surface area contributed by atoms with Crippen molar-refractivity contribution in [3.63, 3.8) is 0 Å². The number of allylic oxidation sites excluding steroid dienone is 3. The Balaban J connectivity index is 3.05. The highest BCUT2D eigenvalue weighted by Gasteiger charge is 2.30. The maximum atomic E-state index is 12.6. The molecule has 0 fully saturated rings. The molecule has 25 heavy (non-hydrogen) atoms. The summed E-state index contributed by atoms with van der Waals surface area (Å²) >= 11 is 0. The second-order valence-electron chi connectivity index (χ2n) is 4.92. The zero-order valence-corrected chi connectivity index (χ0v) is 13.9. The number of hydrogen-bond donors (Lipinski definition) is 0. The fraction of sp³-hybridized carbons (Fsp3) is 0.278. The first-order valence-electron chi connectivity index (χ1n) is 7.11.